The number of hydrogen-bond donors (Lipinski definition) is 1. The molecule has 0 fully saturated rings. The van der Waals surface area contributed by atoms with Crippen molar-refractivity contribution in [3.8, 4) is 11.3 Å². The highest BCUT2D eigenvalue weighted by Crippen LogP contribution is 2.26. The summed E-state index contributed by atoms with van der Waals surface area (Å²) < 4.78 is 19.2. The van der Waals surface area contributed by atoms with Gasteiger partial charge < -0.3 is 9.73 Å². The Morgan fingerprint density at radius 2 is 2.21 bits per heavy atom. The van der Waals surface area contributed by atoms with Crippen molar-refractivity contribution in [3.05, 3.63) is 41.1 Å². The summed E-state index contributed by atoms with van der Waals surface area (Å²) in [4.78, 5) is 4.14. The average molecular weight is 283 g/mol. The smallest absolute Gasteiger partial charge is 0.196 e. The molecule has 3 nitrogen and oxygen atoms in total. The van der Waals surface area contributed by atoms with Crippen LogP contribution in [0.3, 0.4) is 0 Å². The van der Waals surface area contributed by atoms with E-state index in [1.807, 2.05) is 0 Å². The first-order chi connectivity index (χ1) is 9.20. The molecule has 0 unspecified atom stereocenters. The van der Waals surface area contributed by atoms with E-state index in [0.29, 0.717) is 28.7 Å². The fourth-order valence-corrected chi connectivity index (χ4v) is 1.91. The number of aromatic nitrogens is 1. The van der Waals surface area contributed by atoms with Crippen LogP contribution >= 0.6 is 11.6 Å². The minimum atomic E-state index is -0.365. The zero-order valence-electron chi connectivity index (χ0n) is 10.7. The molecule has 1 aromatic heterocycles. The average Bonchev–Trinajstić information content (AvgIpc) is 2.86. The van der Waals surface area contributed by atoms with Crippen LogP contribution in [0, 0.1) is 5.82 Å². The third-order valence-electron chi connectivity index (χ3n) is 2.69. The van der Waals surface area contributed by atoms with Crippen LogP contribution in [0.15, 0.2) is 28.8 Å². The second-order valence-corrected chi connectivity index (χ2v) is 4.68. The van der Waals surface area contributed by atoms with Crippen LogP contribution < -0.4 is 5.32 Å². The summed E-state index contributed by atoms with van der Waals surface area (Å²) in [6, 6.07) is 4.37. The molecule has 2 aromatic rings. The Labute approximate surface area is 116 Å². The highest BCUT2D eigenvalue weighted by molar-refractivity contribution is 6.30. The molecule has 102 valence electrons. The monoisotopic (exact) mass is 282 g/mol. The predicted octanol–water partition coefficient (Wildman–Crippen LogP) is 3.68. The molecule has 0 spiro atoms. The van der Waals surface area contributed by atoms with Gasteiger partial charge in [0.05, 0.1) is 11.8 Å². The van der Waals surface area contributed by atoms with Crippen molar-refractivity contribution >= 4 is 11.6 Å². The van der Waals surface area contributed by atoms with Crippen LogP contribution in [0.1, 0.15) is 19.2 Å². The van der Waals surface area contributed by atoms with Gasteiger partial charge in [0, 0.05) is 18.0 Å². The maximum absolute atomic E-state index is 13.7. The van der Waals surface area contributed by atoms with E-state index < -0.39 is 0 Å². The molecule has 0 aliphatic carbocycles. The van der Waals surface area contributed by atoms with Gasteiger partial charge >= 0.3 is 0 Å². The first kappa shape index (κ1) is 14.0. The first-order valence-electron chi connectivity index (χ1n) is 6.31. The summed E-state index contributed by atoms with van der Waals surface area (Å²) in [6.45, 7) is 3.88. The Bertz CT molecular complexity index is 542. The van der Waals surface area contributed by atoms with Crippen molar-refractivity contribution in [1.29, 1.82) is 0 Å². The Kier molecular flexibility index (Phi) is 4.93. The number of halogens is 2. The predicted molar refractivity (Wildman–Crippen MR) is 73.8 cm³/mol. The zero-order chi connectivity index (χ0) is 13.7. The summed E-state index contributed by atoms with van der Waals surface area (Å²) in [5.41, 5.74) is 0.341. The third-order valence-corrected chi connectivity index (χ3v) is 2.92. The standard InChI is InChI=1S/C14H16ClFN2O/c1-2-6-17-7-5-14-18-9-13(19-14)11-8-10(15)3-4-12(11)16/h3-4,8-9,17H,2,5-7H2,1H3. The first-order valence-corrected chi connectivity index (χ1v) is 6.69. The minimum Gasteiger partial charge on any atom is -0.441 e. The lowest BCUT2D eigenvalue weighted by atomic mass is 10.2. The Morgan fingerprint density at radius 1 is 1.37 bits per heavy atom. The zero-order valence-corrected chi connectivity index (χ0v) is 11.5. The molecule has 5 heteroatoms. The molecule has 0 amide bonds. The van der Waals surface area contributed by atoms with E-state index in [4.69, 9.17) is 16.0 Å². The number of nitrogens with one attached hydrogen (secondary N) is 1. The lowest BCUT2D eigenvalue weighted by Crippen LogP contribution is -2.17. The molecule has 1 heterocycles. The maximum atomic E-state index is 13.7. The molecule has 2 rings (SSSR count). The topological polar surface area (TPSA) is 38.1 Å². The van der Waals surface area contributed by atoms with E-state index in [9.17, 15) is 4.39 Å². The number of rotatable bonds is 6. The number of nitrogens with zero attached hydrogens (tertiary/aromatic N) is 1. The molecule has 0 saturated heterocycles. The molecule has 1 N–H and O–H groups in total. The van der Waals surface area contributed by atoms with Crippen molar-refractivity contribution in [2.75, 3.05) is 13.1 Å². The van der Waals surface area contributed by atoms with E-state index >= 15 is 0 Å². The summed E-state index contributed by atoms with van der Waals surface area (Å²) in [7, 11) is 0. The van der Waals surface area contributed by atoms with Crippen LogP contribution in [-0.4, -0.2) is 18.1 Å². The fraction of sp³-hybridized carbons (Fsp3) is 0.357. The fourth-order valence-electron chi connectivity index (χ4n) is 1.73. The third kappa shape index (κ3) is 3.78. The molecule has 0 aliphatic heterocycles. The van der Waals surface area contributed by atoms with Crippen LogP contribution in [0.4, 0.5) is 4.39 Å². The number of oxazole rings is 1. The molecule has 19 heavy (non-hydrogen) atoms. The van der Waals surface area contributed by atoms with E-state index in [1.165, 1.54) is 24.4 Å². The largest absolute Gasteiger partial charge is 0.441 e. The maximum Gasteiger partial charge on any atom is 0.196 e. The normalized spacial score (nSPS) is 10.9. The second-order valence-electron chi connectivity index (χ2n) is 4.24. The Morgan fingerprint density at radius 3 is 3.00 bits per heavy atom. The van der Waals surface area contributed by atoms with Crippen molar-refractivity contribution in [2.24, 2.45) is 0 Å². The Balaban J connectivity index is 2.06. The molecule has 0 radical (unpaired) electrons. The lowest BCUT2D eigenvalue weighted by Gasteiger charge is -2.00. The summed E-state index contributed by atoms with van der Waals surface area (Å²) in [5.74, 6) is 0.639. The van der Waals surface area contributed by atoms with E-state index in [1.54, 1.807) is 0 Å². The van der Waals surface area contributed by atoms with Crippen molar-refractivity contribution < 1.29 is 8.81 Å². The molecule has 0 aliphatic rings. The van der Waals surface area contributed by atoms with Crippen LogP contribution in [0.25, 0.3) is 11.3 Å². The van der Waals surface area contributed by atoms with Crippen LogP contribution in [0.5, 0.6) is 0 Å². The quantitative estimate of drug-likeness (QED) is 0.822. The van der Waals surface area contributed by atoms with Crippen molar-refractivity contribution in [2.45, 2.75) is 19.8 Å². The van der Waals surface area contributed by atoms with Crippen LogP contribution in [0.2, 0.25) is 5.02 Å². The SMILES string of the molecule is CCCNCCc1ncc(-c2cc(Cl)ccc2F)o1. The van der Waals surface area contributed by atoms with Gasteiger partial charge in [0.15, 0.2) is 11.7 Å². The molecular weight excluding hydrogens is 267 g/mol. The van der Waals surface area contributed by atoms with Gasteiger partial charge in [-0.1, -0.05) is 18.5 Å². The summed E-state index contributed by atoms with van der Waals surface area (Å²) in [6.07, 6.45) is 3.30. The second kappa shape index (κ2) is 6.68. The van der Waals surface area contributed by atoms with E-state index in [2.05, 4.69) is 17.2 Å². The van der Waals surface area contributed by atoms with E-state index in [0.717, 1.165) is 19.5 Å². The van der Waals surface area contributed by atoms with Crippen LogP contribution in [-0.2, 0) is 6.42 Å². The highest BCUT2D eigenvalue weighted by Gasteiger charge is 2.11. The summed E-state index contributed by atoms with van der Waals surface area (Å²) in [5, 5.41) is 3.73. The van der Waals surface area contributed by atoms with Gasteiger partial charge in [-0.05, 0) is 31.2 Å². The summed E-state index contributed by atoms with van der Waals surface area (Å²) >= 11 is 5.85. The number of hydrogen-bond acceptors (Lipinski definition) is 3. The van der Waals surface area contributed by atoms with Gasteiger partial charge in [-0.25, -0.2) is 9.37 Å². The van der Waals surface area contributed by atoms with Crippen molar-refractivity contribution in [3.63, 3.8) is 0 Å². The van der Waals surface area contributed by atoms with Gasteiger partial charge in [0.1, 0.15) is 5.82 Å². The van der Waals surface area contributed by atoms with Gasteiger partial charge in [0.25, 0.3) is 0 Å². The number of benzene rings is 1. The van der Waals surface area contributed by atoms with Gasteiger partial charge in [-0.2, -0.15) is 0 Å². The molecule has 0 saturated carbocycles. The Hall–Kier alpha value is -1.39. The van der Waals surface area contributed by atoms with Gasteiger partial charge in [0.2, 0.25) is 0 Å². The molecule has 0 atom stereocenters. The van der Waals surface area contributed by atoms with Gasteiger partial charge in [-0.3, -0.25) is 0 Å². The van der Waals surface area contributed by atoms with Crippen molar-refractivity contribution in [1.82, 2.24) is 10.3 Å². The molecular formula is C14H16ClFN2O. The van der Waals surface area contributed by atoms with Gasteiger partial charge in [-0.15, -0.1) is 0 Å². The van der Waals surface area contributed by atoms with E-state index in [-0.39, 0.29) is 5.82 Å². The lowest BCUT2D eigenvalue weighted by molar-refractivity contribution is 0.491. The molecule has 1 aromatic carbocycles. The highest BCUT2D eigenvalue weighted by atomic mass is 35.5. The molecule has 0 bridgehead atoms. The minimum absolute atomic E-state index is 0.341.